The zero-order valence-electron chi connectivity index (χ0n) is 9.88. The average molecular weight is 279 g/mol. The summed E-state index contributed by atoms with van der Waals surface area (Å²) in [6.07, 6.45) is 4.80. The van der Waals surface area contributed by atoms with E-state index in [4.69, 9.17) is 9.47 Å². The normalized spacial score (nSPS) is 26.2. The molecule has 0 aromatic heterocycles. The van der Waals surface area contributed by atoms with E-state index in [1.165, 1.54) is 19.3 Å². The summed E-state index contributed by atoms with van der Waals surface area (Å²) in [7, 11) is 0. The van der Waals surface area contributed by atoms with Crippen molar-refractivity contribution >= 4 is 15.9 Å². The van der Waals surface area contributed by atoms with Crippen LogP contribution in [0, 0.1) is 11.8 Å². The summed E-state index contributed by atoms with van der Waals surface area (Å²) >= 11 is 3.51. The number of ether oxygens (including phenoxy) is 2. The highest BCUT2D eigenvalue weighted by Gasteiger charge is 2.16. The Bertz CT molecular complexity index is 158. The predicted octanol–water partition coefficient (Wildman–Crippen LogP) is 3.59. The largest absolute Gasteiger partial charge is 0.353 e. The van der Waals surface area contributed by atoms with Crippen molar-refractivity contribution in [1.82, 2.24) is 0 Å². The minimum Gasteiger partial charge on any atom is -0.353 e. The van der Waals surface area contributed by atoms with Crippen LogP contribution in [0.15, 0.2) is 0 Å². The van der Waals surface area contributed by atoms with E-state index in [0.29, 0.717) is 5.92 Å². The van der Waals surface area contributed by atoms with Gasteiger partial charge in [-0.2, -0.15) is 0 Å². The van der Waals surface area contributed by atoms with E-state index in [-0.39, 0.29) is 6.29 Å². The van der Waals surface area contributed by atoms with Gasteiger partial charge in [0.05, 0.1) is 6.61 Å². The molecule has 0 radical (unpaired) electrons. The molecule has 2 nitrogen and oxygen atoms in total. The Hall–Kier alpha value is 0.400. The molecule has 0 N–H and O–H groups in total. The van der Waals surface area contributed by atoms with Crippen LogP contribution in [0.5, 0.6) is 0 Å². The van der Waals surface area contributed by atoms with Crippen LogP contribution in [0.4, 0.5) is 0 Å². The van der Waals surface area contributed by atoms with E-state index in [9.17, 15) is 0 Å². The van der Waals surface area contributed by atoms with E-state index >= 15 is 0 Å². The molecule has 0 aromatic rings. The molecule has 3 atom stereocenters. The minimum atomic E-state index is 0.0699. The first-order chi connectivity index (χ1) is 7.22. The van der Waals surface area contributed by atoms with Gasteiger partial charge in [0.2, 0.25) is 0 Å². The Balaban J connectivity index is 2.07. The van der Waals surface area contributed by atoms with Gasteiger partial charge in [-0.15, -0.1) is 0 Å². The molecule has 3 unspecified atom stereocenters. The highest BCUT2D eigenvalue weighted by Crippen LogP contribution is 2.18. The smallest absolute Gasteiger partial charge is 0.157 e. The number of hydrogen-bond donors (Lipinski definition) is 0. The Kier molecular flexibility index (Phi) is 6.86. The quantitative estimate of drug-likeness (QED) is 0.692. The summed E-state index contributed by atoms with van der Waals surface area (Å²) in [5.74, 6) is 1.36. The molecule has 90 valence electrons. The van der Waals surface area contributed by atoms with Gasteiger partial charge in [0.15, 0.2) is 6.29 Å². The lowest BCUT2D eigenvalue weighted by Crippen LogP contribution is -2.25. The van der Waals surface area contributed by atoms with Crippen molar-refractivity contribution in [3.05, 3.63) is 0 Å². The molecule has 0 saturated carbocycles. The van der Waals surface area contributed by atoms with Gasteiger partial charge in [0.25, 0.3) is 0 Å². The molecule has 0 aromatic carbocycles. The summed E-state index contributed by atoms with van der Waals surface area (Å²) in [6, 6.07) is 0. The van der Waals surface area contributed by atoms with Crippen LogP contribution in [-0.2, 0) is 9.47 Å². The monoisotopic (exact) mass is 278 g/mol. The summed E-state index contributed by atoms with van der Waals surface area (Å²) in [4.78, 5) is 0. The molecule has 1 heterocycles. The number of hydrogen-bond acceptors (Lipinski definition) is 2. The predicted molar refractivity (Wildman–Crippen MR) is 66.3 cm³/mol. The van der Waals surface area contributed by atoms with Crippen molar-refractivity contribution in [3.63, 3.8) is 0 Å². The van der Waals surface area contributed by atoms with E-state index < -0.39 is 0 Å². The van der Waals surface area contributed by atoms with Crippen LogP contribution in [0.1, 0.15) is 39.5 Å². The molecule has 0 amide bonds. The topological polar surface area (TPSA) is 18.5 Å². The molecule has 1 saturated heterocycles. The van der Waals surface area contributed by atoms with Crippen LogP contribution in [0.3, 0.4) is 0 Å². The van der Waals surface area contributed by atoms with Gasteiger partial charge in [-0.25, -0.2) is 0 Å². The van der Waals surface area contributed by atoms with E-state index in [1.54, 1.807) is 0 Å². The molecule has 1 aliphatic rings. The van der Waals surface area contributed by atoms with E-state index in [1.807, 2.05) is 0 Å². The third-order valence-corrected chi connectivity index (χ3v) is 3.88. The highest BCUT2D eigenvalue weighted by atomic mass is 79.9. The first-order valence-electron chi connectivity index (χ1n) is 6.01. The van der Waals surface area contributed by atoms with E-state index in [0.717, 1.165) is 30.9 Å². The van der Waals surface area contributed by atoms with Crippen molar-refractivity contribution < 1.29 is 9.47 Å². The second kappa shape index (κ2) is 7.64. The maximum Gasteiger partial charge on any atom is 0.157 e. The number of alkyl halides is 1. The Morgan fingerprint density at radius 1 is 1.33 bits per heavy atom. The summed E-state index contributed by atoms with van der Waals surface area (Å²) < 4.78 is 11.3. The van der Waals surface area contributed by atoms with Gasteiger partial charge in [-0.1, -0.05) is 29.8 Å². The molecular formula is C12H23BrO2. The van der Waals surface area contributed by atoms with Crippen molar-refractivity contribution in [2.45, 2.75) is 45.8 Å². The third kappa shape index (κ3) is 5.88. The van der Waals surface area contributed by atoms with Gasteiger partial charge >= 0.3 is 0 Å². The zero-order valence-corrected chi connectivity index (χ0v) is 11.5. The van der Waals surface area contributed by atoms with Crippen molar-refractivity contribution in [1.29, 1.82) is 0 Å². The molecule has 1 fully saturated rings. The fourth-order valence-electron chi connectivity index (χ4n) is 1.93. The van der Waals surface area contributed by atoms with Crippen LogP contribution < -0.4 is 0 Å². The number of halogens is 1. The minimum absolute atomic E-state index is 0.0699. The maximum absolute atomic E-state index is 5.75. The van der Waals surface area contributed by atoms with Crippen molar-refractivity contribution in [2.75, 3.05) is 18.5 Å². The zero-order chi connectivity index (χ0) is 11.1. The second-order valence-corrected chi connectivity index (χ2v) is 5.38. The van der Waals surface area contributed by atoms with Gasteiger partial charge in [0, 0.05) is 11.9 Å². The van der Waals surface area contributed by atoms with Crippen LogP contribution in [-0.4, -0.2) is 24.8 Å². The molecular weight excluding hydrogens is 256 g/mol. The molecule has 0 aliphatic carbocycles. The fraction of sp³-hybridized carbons (Fsp3) is 1.00. The van der Waals surface area contributed by atoms with Gasteiger partial charge in [0.1, 0.15) is 0 Å². The molecule has 0 bridgehead atoms. The molecule has 1 rings (SSSR count). The van der Waals surface area contributed by atoms with Gasteiger partial charge in [-0.05, 0) is 37.5 Å². The first kappa shape index (κ1) is 13.5. The maximum atomic E-state index is 5.75. The average Bonchev–Trinajstić information content (AvgIpc) is 2.27. The SMILES string of the molecule is CC(CBr)CC(C)COC1CCCCO1. The van der Waals surface area contributed by atoms with Gasteiger partial charge in [-0.3, -0.25) is 0 Å². The Morgan fingerprint density at radius 2 is 2.13 bits per heavy atom. The van der Waals surface area contributed by atoms with Gasteiger partial charge < -0.3 is 9.47 Å². The van der Waals surface area contributed by atoms with Crippen LogP contribution in [0.25, 0.3) is 0 Å². The van der Waals surface area contributed by atoms with Crippen LogP contribution >= 0.6 is 15.9 Å². The first-order valence-corrected chi connectivity index (χ1v) is 7.13. The summed E-state index contributed by atoms with van der Waals surface area (Å²) in [6.45, 7) is 6.23. The second-order valence-electron chi connectivity index (χ2n) is 4.73. The summed E-state index contributed by atoms with van der Waals surface area (Å²) in [5.41, 5.74) is 0. The molecule has 0 spiro atoms. The van der Waals surface area contributed by atoms with Crippen LogP contribution in [0.2, 0.25) is 0 Å². The third-order valence-electron chi connectivity index (χ3n) is 2.77. The Morgan fingerprint density at radius 3 is 2.73 bits per heavy atom. The highest BCUT2D eigenvalue weighted by molar-refractivity contribution is 9.09. The number of rotatable bonds is 6. The Labute approximate surface area is 102 Å². The van der Waals surface area contributed by atoms with Crippen molar-refractivity contribution in [3.8, 4) is 0 Å². The van der Waals surface area contributed by atoms with E-state index in [2.05, 4.69) is 29.8 Å². The molecule has 3 heteroatoms. The lowest BCUT2D eigenvalue weighted by molar-refractivity contribution is -0.168. The lowest BCUT2D eigenvalue weighted by atomic mass is 10.00. The van der Waals surface area contributed by atoms with Crippen molar-refractivity contribution in [2.24, 2.45) is 11.8 Å². The summed E-state index contributed by atoms with van der Waals surface area (Å²) in [5, 5.41) is 1.08. The standard InChI is InChI=1S/C12H23BrO2/c1-10(8-13)7-11(2)9-15-12-5-3-4-6-14-12/h10-12H,3-9H2,1-2H3. The fourth-order valence-corrected chi connectivity index (χ4v) is 2.20. The molecule has 1 aliphatic heterocycles. The lowest BCUT2D eigenvalue weighted by Gasteiger charge is -2.24. The molecule has 15 heavy (non-hydrogen) atoms.